The molecule has 0 aliphatic rings. The van der Waals surface area contributed by atoms with Crippen LogP contribution >= 0.6 is 27.5 Å². The maximum atomic E-state index is 13.8. The van der Waals surface area contributed by atoms with Crippen molar-refractivity contribution in [2.24, 2.45) is 0 Å². The summed E-state index contributed by atoms with van der Waals surface area (Å²) in [6.07, 6.45) is 3.04. The lowest BCUT2D eigenvalue weighted by atomic mass is 10.1. The summed E-state index contributed by atoms with van der Waals surface area (Å²) in [4.78, 5) is 12.4. The second-order valence-electron chi connectivity index (χ2n) is 6.32. The van der Waals surface area contributed by atoms with Gasteiger partial charge in [0.2, 0.25) is 0 Å². The third-order valence-corrected chi connectivity index (χ3v) is 5.45. The molecule has 0 aliphatic carbocycles. The number of ketones is 1. The van der Waals surface area contributed by atoms with E-state index in [1.807, 2.05) is 25.1 Å². The van der Waals surface area contributed by atoms with E-state index >= 15 is 0 Å². The van der Waals surface area contributed by atoms with Crippen molar-refractivity contribution in [3.63, 3.8) is 0 Å². The maximum absolute atomic E-state index is 13.8. The lowest BCUT2D eigenvalue weighted by Gasteiger charge is -2.09. The Hall–Kier alpha value is -2.63. The molecular weight excluding hydrogens is 457 g/mol. The fraction of sp³-hybridized carbons (Fsp3) is 0.0870. The molecule has 0 atom stereocenters. The Bertz CT molecular complexity index is 1050. The Morgan fingerprint density at radius 2 is 1.97 bits per heavy atom. The number of aryl methyl sites for hydroxylation is 1. The molecule has 3 aromatic carbocycles. The fourth-order valence-electron chi connectivity index (χ4n) is 2.61. The first kappa shape index (κ1) is 21.1. The van der Waals surface area contributed by atoms with Gasteiger partial charge < -0.3 is 10.1 Å². The topological polar surface area (TPSA) is 38.3 Å². The predicted octanol–water partition coefficient (Wildman–Crippen LogP) is 6.94. The van der Waals surface area contributed by atoms with E-state index < -0.39 is 5.82 Å². The van der Waals surface area contributed by atoms with Crippen LogP contribution in [0.15, 0.2) is 77.4 Å². The van der Waals surface area contributed by atoms with E-state index in [1.165, 1.54) is 18.2 Å². The zero-order valence-corrected chi connectivity index (χ0v) is 17.9. The van der Waals surface area contributed by atoms with Gasteiger partial charge in [0.1, 0.15) is 18.2 Å². The SMILES string of the molecule is Cc1cc(N/C=C/C(=O)c2cccc(OCc3c(F)cccc3Cl)c2)ccc1Br. The minimum Gasteiger partial charge on any atom is -0.489 e. The molecule has 3 rings (SSSR count). The van der Waals surface area contributed by atoms with Gasteiger partial charge in [-0.2, -0.15) is 0 Å². The molecule has 0 aromatic heterocycles. The van der Waals surface area contributed by atoms with Crippen LogP contribution in [0.2, 0.25) is 5.02 Å². The smallest absolute Gasteiger partial charge is 0.187 e. The normalized spacial score (nSPS) is 10.9. The molecule has 148 valence electrons. The molecule has 1 N–H and O–H groups in total. The van der Waals surface area contributed by atoms with Gasteiger partial charge in [0.05, 0.1) is 5.02 Å². The van der Waals surface area contributed by atoms with Crippen LogP contribution in [-0.4, -0.2) is 5.78 Å². The average molecular weight is 475 g/mol. The van der Waals surface area contributed by atoms with Crippen molar-refractivity contribution in [2.75, 3.05) is 5.32 Å². The Kier molecular flexibility index (Phi) is 7.07. The Morgan fingerprint density at radius 1 is 1.17 bits per heavy atom. The molecule has 0 saturated carbocycles. The summed E-state index contributed by atoms with van der Waals surface area (Å²) in [7, 11) is 0. The number of carbonyl (C=O) groups is 1. The van der Waals surface area contributed by atoms with Gasteiger partial charge >= 0.3 is 0 Å². The van der Waals surface area contributed by atoms with Crippen molar-refractivity contribution < 1.29 is 13.9 Å². The zero-order chi connectivity index (χ0) is 20.8. The quantitative estimate of drug-likeness (QED) is 0.298. The molecule has 6 heteroatoms. The second kappa shape index (κ2) is 9.72. The molecule has 0 amide bonds. The number of hydrogen-bond donors (Lipinski definition) is 1. The number of benzene rings is 3. The molecule has 29 heavy (non-hydrogen) atoms. The highest BCUT2D eigenvalue weighted by atomic mass is 79.9. The van der Waals surface area contributed by atoms with Gasteiger partial charge in [0.25, 0.3) is 0 Å². The first-order chi connectivity index (χ1) is 13.9. The van der Waals surface area contributed by atoms with Gasteiger partial charge in [-0.1, -0.05) is 45.7 Å². The van der Waals surface area contributed by atoms with Crippen LogP contribution in [0.1, 0.15) is 21.5 Å². The van der Waals surface area contributed by atoms with E-state index in [1.54, 1.807) is 36.5 Å². The van der Waals surface area contributed by atoms with E-state index in [4.69, 9.17) is 16.3 Å². The molecule has 0 spiro atoms. The van der Waals surface area contributed by atoms with Crippen LogP contribution in [0.4, 0.5) is 10.1 Å². The number of carbonyl (C=O) groups excluding carboxylic acids is 1. The molecule has 0 fully saturated rings. The van der Waals surface area contributed by atoms with Crippen LogP contribution in [0.5, 0.6) is 5.75 Å². The first-order valence-electron chi connectivity index (χ1n) is 8.83. The van der Waals surface area contributed by atoms with Gasteiger partial charge in [-0.3, -0.25) is 4.79 Å². The molecule has 0 radical (unpaired) electrons. The minimum absolute atomic E-state index is 0.0243. The van der Waals surface area contributed by atoms with E-state index in [0.29, 0.717) is 16.3 Å². The predicted molar refractivity (Wildman–Crippen MR) is 118 cm³/mol. The van der Waals surface area contributed by atoms with Crippen LogP contribution in [0, 0.1) is 12.7 Å². The number of ether oxygens (including phenoxy) is 1. The lowest BCUT2D eigenvalue weighted by molar-refractivity contribution is 0.104. The number of allylic oxidation sites excluding steroid dienone is 1. The van der Waals surface area contributed by atoms with Crippen molar-refractivity contribution in [1.82, 2.24) is 0 Å². The summed E-state index contributed by atoms with van der Waals surface area (Å²) in [5.41, 5.74) is 2.72. The molecule has 0 saturated heterocycles. The van der Waals surface area contributed by atoms with Gasteiger partial charge in [-0.25, -0.2) is 4.39 Å². The highest BCUT2D eigenvalue weighted by Gasteiger charge is 2.09. The molecule has 0 aliphatic heterocycles. The van der Waals surface area contributed by atoms with Crippen molar-refractivity contribution in [2.45, 2.75) is 13.5 Å². The number of rotatable bonds is 7. The highest BCUT2D eigenvalue weighted by Crippen LogP contribution is 2.23. The number of anilines is 1. The van der Waals surface area contributed by atoms with Crippen molar-refractivity contribution in [3.8, 4) is 5.75 Å². The summed E-state index contributed by atoms with van der Waals surface area (Å²) >= 11 is 9.46. The van der Waals surface area contributed by atoms with Crippen LogP contribution in [-0.2, 0) is 6.61 Å². The number of halogens is 3. The van der Waals surface area contributed by atoms with Crippen LogP contribution in [0.3, 0.4) is 0 Å². The molecule has 0 heterocycles. The summed E-state index contributed by atoms with van der Waals surface area (Å²) in [5, 5.41) is 3.38. The Morgan fingerprint density at radius 3 is 2.72 bits per heavy atom. The van der Waals surface area contributed by atoms with E-state index in [9.17, 15) is 9.18 Å². The first-order valence-corrected chi connectivity index (χ1v) is 10.0. The zero-order valence-electron chi connectivity index (χ0n) is 15.6. The van der Waals surface area contributed by atoms with Crippen molar-refractivity contribution in [1.29, 1.82) is 0 Å². The van der Waals surface area contributed by atoms with Gasteiger partial charge in [-0.15, -0.1) is 0 Å². The summed E-state index contributed by atoms with van der Waals surface area (Å²) < 4.78 is 20.5. The summed E-state index contributed by atoms with van der Waals surface area (Å²) in [6, 6.07) is 17.0. The summed E-state index contributed by atoms with van der Waals surface area (Å²) in [6.45, 7) is 1.97. The standard InChI is InChI=1S/C23H18BrClFNO2/c1-15-12-17(8-9-20(15)24)27-11-10-23(28)16-4-2-5-18(13-16)29-14-19-21(25)6-3-7-22(19)26/h2-13,27H,14H2,1H3/b11-10+. The average Bonchev–Trinajstić information content (AvgIpc) is 2.70. The molecule has 0 bridgehead atoms. The minimum atomic E-state index is -0.429. The van der Waals surface area contributed by atoms with Crippen LogP contribution < -0.4 is 10.1 Å². The van der Waals surface area contributed by atoms with Crippen molar-refractivity contribution in [3.05, 3.63) is 105 Å². The highest BCUT2D eigenvalue weighted by molar-refractivity contribution is 9.10. The second-order valence-corrected chi connectivity index (χ2v) is 7.58. The van der Waals surface area contributed by atoms with Gasteiger partial charge in [-0.05, 0) is 55.0 Å². The lowest BCUT2D eigenvalue weighted by Crippen LogP contribution is -2.01. The molecule has 3 nitrogen and oxygen atoms in total. The summed E-state index contributed by atoms with van der Waals surface area (Å²) in [5.74, 6) is -0.150. The Labute approximate surface area is 182 Å². The van der Waals surface area contributed by atoms with Gasteiger partial charge in [0.15, 0.2) is 5.78 Å². The number of hydrogen-bond acceptors (Lipinski definition) is 3. The van der Waals surface area contributed by atoms with Crippen molar-refractivity contribution >= 4 is 39.0 Å². The largest absolute Gasteiger partial charge is 0.489 e. The fourth-order valence-corrected chi connectivity index (χ4v) is 3.07. The third-order valence-electron chi connectivity index (χ3n) is 4.21. The molecular formula is C23H18BrClFNO2. The van der Waals surface area contributed by atoms with E-state index in [-0.39, 0.29) is 18.0 Å². The van der Waals surface area contributed by atoms with Gasteiger partial charge in [0, 0.05) is 33.6 Å². The monoisotopic (exact) mass is 473 g/mol. The van der Waals surface area contributed by atoms with E-state index in [2.05, 4.69) is 21.2 Å². The molecule has 0 unspecified atom stereocenters. The number of nitrogens with one attached hydrogen (secondary N) is 1. The Balaban J connectivity index is 1.63. The third kappa shape index (κ3) is 5.68. The maximum Gasteiger partial charge on any atom is 0.187 e. The van der Waals surface area contributed by atoms with E-state index in [0.717, 1.165) is 15.7 Å². The molecule has 3 aromatic rings. The van der Waals surface area contributed by atoms with Crippen LogP contribution in [0.25, 0.3) is 0 Å².